The summed E-state index contributed by atoms with van der Waals surface area (Å²) in [5.41, 5.74) is 1.19. The first-order valence-electron chi connectivity index (χ1n) is 8.48. The van der Waals surface area contributed by atoms with Gasteiger partial charge in [0, 0.05) is 12.7 Å². The topological polar surface area (TPSA) is 92.8 Å². The third-order valence-electron chi connectivity index (χ3n) is 3.78. The summed E-state index contributed by atoms with van der Waals surface area (Å²) in [6.45, 7) is 1.62. The maximum absolute atomic E-state index is 13.0. The molecule has 0 aromatic heterocycles. The molecule has 0 aliphatic heterocycles. The first-order valence-corrected chi connectivity index (χ1v) is 9.92. The number of hydrogen-bond acceptors (Lipinski definition) is 5. The Bertz CT molecular complexity index is 928. The monoisotopic (exact) mass is 408 g/mol. The van der Waals surface area contributed by atoms with Crippen molar-refractivity contribution >= 4 is 27.6 Å². The molecule has 0 saturated carbocycles. The van der Waals surface area contributed by atoms with Crippen molar-refractivity contribution in [1.82, 2.24) is 4.31 Å². The largest absolute Gasteiger partial charge is 0.466 e. The summed E-state index contributed by atoms with van der Waals surface area (Å²) < 4.78 is 43.5. The number of halogens is 1. The molecule has 2 rings (SSSR count). The minimum Gasteiger partial charge on any atom is -0.466 e. The number of likely N-dealkylation sites (N-methyl/N-ethyl adjacent to an activating group) is 1. The number of carbonyl (C=O) groups is 2. The summed E-state index contributed by atoms with van der Waals surface area (Å²) >= 11 is 0. The number of ether oxygens (including phenoxy) is 1. The molecule has 9 heteroatoms. The van der Waals surface area contributed by atoms with E-state index in [1.165, 1.54) is 7.05 Å². The van der Waals surface area contributed by atoms with Crippen molar-refractivity contribution in [2.45, 2.75) is 18.2 Å². The molecule has 0 fully saturated rings. The molecule has 0 heterocycles. The van der Waals surface area contributed by atoms with Crippen LogP contribution in [0.3, 0.4) is 0 Å². The molecule has 150 valence electrons. The van der Waals surface area contributed by atoms with E-state index in [4.69, 9.17) is 4.74 Å². The van der Waals surface area contributed by atoms with Crippen molar-refractivity contribution < 1.29 is 27.1 Å². The average molecular weight is 408 g/mol. The van der Waals surface area contributed by atoms with Gasteiger partial charge in [-0.25, -0.2) is 12.8 Å². The van der Waals surface area contributed by atoms with Gasteiger partial charge in [0.15, 0.2) is 0 Å². The number of anilines is 1. The highest BCUT2D eigenvalue weighted by atomic mass is 32.2. The normalized spacial score (nSPS) is 11.3. The standard InChI is InChI=1S/C19H21FN2O5S/c1-3-27-19(24)12-14-4-8-16(9-5-14)21-18(23)13-22(2)28(25,26)17-10-6-15(20)7-11-17/h4-11H,3,12-13H2,1-2H3,(H,21,23). The van der Waals surface area contributed by atoms with Gasteiger partial charge in [-0.05, 0) is 48.9 Å². The zero-order chi connectivity index (χ0) is 20.7. The first kappa shape index (κ1) is 21.5. The van der Waals surface area contributed by atoms with Crippen LogP contribution in [0.4, 0.5) is 10.1 Å². The fourth-order valence-corrected chi connectivity index (χ4v) is 3.49. The lowest BCUT2D eigenvalue weighted by atomic mass is 10.1. The van der Waals surface area contributed by atoms with Gasteiger partial charge in [0.05, 0.1) is 24.5 Å². The second-order valence-electron chi connectivity index (χ2n) is 5.94. The summed E-state index contributed by atoms with van der Waals surface area (Å²) in [5.74, 6) is -1.43. The predicted molar refractivity (Wildman–Crippen MR) is 102 cm³/mol. The van der Waals surface area contributed by atoms with Crippen LogP contribution < -0.4 is 5.32 Å². The van der Waals surface area contributed by atoms with Gasteiger partial charge in [-0.15, -0.1) is 0 Å². The van der Waals surface area contributed by atoms with Gasteiger partial charge in [-0.1, -0.05) is 12.1 Å². The van der Waals surface area contributed by atoms with E-state index in [2.05, 4.69) is 5.32 Å². The lowest BCUT2D eigenvalue weighted by Crippen LogP contribution is -2.34. The van der Waals surface area contributed by atoms with E-state index in [1.54, 1.807) is 31.2 Å². The molecule has 0 aliphatic carbocycles. The SMILES string of the molecule is CCOC(=O)Cc1ccc(NC(=O)CN(C)S(=O)(=O)c2ccc(F)cc2)cc1. The van der Waals surface area contributed by atoms with Gasteiger partial charge >= 0.3 is 5.97 Å². The maximum atomic E-state index is 13.0. The van der Waals surface area contributed by atoms with Gasteiger partial charge in [0.25, 0.3) is 0 Å². The van der Waals surface area contributed by atoms with E-state index < -0.39 is 28.3 Å². The number of nitrogens with one attached hydrogen (secondary N) is 1. The number of sulfonamides is 1. The highest BCUT2D eigenvalue weighted by molar-refractivity contribution is 7.89. The summed E-state index contributed by atoms with van der Waals surface area (Å²) in [6, 6.07) is 10.9. The van der Waals surface area contributed by atoms with Gasteiger partial charge in [0.2, 0.25) is 15.9 Å². The van der Waals surface area contributed by atoms with Crippen LogP contribution in [0.5, 0.6) is 0 Å². The molecule has 2 aromatic carbocycles. The number of benzene rings is 2. The van der Waals surface area contributed by atoms with Crippen molar-refractivity contribution in [3.05, 3.63) is 59.9 Å². The van der Waals surface area contributed by atoms with Crippen molar-refractivity contribution in [3.63, 3.8) is 0 Å². The number of nitrogens with zero attached hydrogens (tertiary/aromatic N) is 1. The summed E-state index contributed by atoms with van der Waals surface area (Å²) in [6.07, 6.45) is 0.126. The Balaban J connectivity index is 1.95. The van der Waals surface area contributed by atoms with Gasteiger partial charge in [-0.2, -0.15) is 4.31 Å². The molecule has 0 saturated heterocycles. The Morgan fingerprint density at radius 1 is 1.07 bits per heavy atom. The summed E-state index contributed by atoms with van der Waals surface area (Å²) in [4.78, 5) is 23.5. The number of carbonyl (C=O) groups excluding carboxylic acids is 2. The first-order chi connectivity index (χ1) is 13.2. The number of rotatable bonds is 8. The molecule has 2 aromatic rings. The quantitative estimate of drug-likeness (QED) is 0.676. The Kier molecular flexibility index (Phi) is 7.24. The van der Waals surface area contributed by atoms with Crippen molar-refractivity contribution in [2.75, 3.05) is 25.5 Å². The van der Waals surface area contributed by atoms with E-state index in [9.17, 15) is 22.4 Å². The maximum Gasteiger partial charge on any atom is 0.310 e. The van der Waals surface area contributed by atoms with Crippen LogP contribution in [0, 0.1) is 5.82 Å². The average Bonchev–Trinajstić information content (AvgIpc) is 2.63. The van der Waals surface area contributed by atoms with E-state index in [0.29, 0.717) is 12.3 Å². The number of amides is 1. The minimum atomic E-state index is -3.91. The zero-order valence-corrected chi connectivity index (χ0v) is 16.3. The third kappa shape index (κ3) is 5.86. The van der Waals surface area contributed by atoms with Crippen molar-refractivity contribution in [3.8, 4) is 0 Å². The molecule has 1 amide bonds. The van der Waals surface area contributed by atoms with Crippen LogP contribution in [0.2, 0.25) is 0 Å². The fourth-order valence-electron chi connectivity index (χ4n) is 2.36. The van der Waals surface area contributed by atoms with Crippen LogP contribution in [0.25, 0.3) is 0 Å². The minimum absolute atomic E-state index is 0.104. The summed E-state index contributed by atoms with van der Waals surface area (Å²) in [7, 11) is -2.65. The lowest BCUT2D eigenvalue weighted by molar-refractivity contribution is -0.142. The van der Waals surface area contributed by atoms with Gasteiger partial charge in [0.1, 0.15) is 5.82 Å². The van der Waals surface area contributed by atoms with E-state index in [0.717, 1.165) is 34.1 Å². The molecule has 28 heavy (non-hydrogen) atoms. The Labute approximate surface area is 163 Å². The molecule has 7 nitrogen and oxygen atoms in total. The summed E-state index contributed by atoms with van der Waals surface area (Å²) in [5, 5.41) is 2.59. The van der Waals surface area contributed by atoms with Crippen LogP contribution in [-0.4, -0.2) is 44.8 Å². The Morgan fingerprint density at radius 2 is 1.68 bits per heavy atom. The molecular weight excluding hydrogens is 387 g/mol. The van der Waals surface area contributed by atoms with Crippen LogP contribution in [0.1, 0.15) is 12.5 Å². The van der Waals surface area contributed by atoms with Gasteiger partial charge < -0.3 is 10.1 Å². The smallest absolute Gasteiger partial charge is 0.310 e. The highest BCUT2D eigenvalue weighted by Gasteiger charge is 2.23. The van der Waals surface area contributed by atoms with Gasteiger partial charge in [-0.3, -0.25) is 9.59 Å². The highest BCUT2D eigenvalue weighted by Crippen LogP contribution is 2.15. The van der Waals surface area contributed by atoms with Crippen molar-refractivity contribution in [2.24, 2.45) is 0 Å². The second-order valence-corrected chi connectivity index (χ2v) is 7.99. The molecule has 0 atom stereocenters. The zero-order valence-electron chi connectivity index (χ0n) is 15.5. The number of hydrogen-bond donors (Lipinski definition) is 1. The second kappa shape index (κ2) is 9.43. The predicted octanol–water partition coefficient (Wildman–Crippen LogP) is 2.19. The van der Waals surface area contributed by atoms with Crippen LogP contribution in [-0.2, 0) is 30.8 Å². The Morgan fingerprint density at radius 3 is 2.25 bits per heavy atom. The molecule has 0 unspecified atom stereocenters. The molecular formula is C19H21FN2O5S. The van der Waals surface area contributed by atoms with E-state index >= 15 is 0 Å². The molecule has 0 radical (unpaired) electrons. The fraction of sp³-hybridized carbons (Fsp3) is 0.263. The molecule has 0 aliphatic rings. The van der Waals surface area contributed by atoms with Crippen LogP contribution in [0.15, 0.2) is 53.4 Å². The molecule has 1 N–H and O–H groups in total. The lowest BCUT2D eigenvalue weighted by Gasteiger charge is -2.17. The number of esters is 1. The van der Waals surface area contributed by atoms with E-state index in [1.807, 2.05) is 0 Å². The third-order valence-corrected chi connectivity index (χ3v) is 5.60. The van der Waals surface area contributed by atoms with E-state index in [-0.39, 0.29) is 17.3 Å². The van der Waals surface area contributed by atoms with Crippen molar-refractivity contribution in [1.29, 1.82) is 0 Å². The van der Waals surface area contributed by atoms with Crippen LogP contribution >= 0.6 is 0 Å². The Hall–Kier alpha value is -2.78. The molecule has 0 bridgehead atoms. The molecule has 0 spiro atoms.